The molecule has 4 rings (SSSR count). The summed E-state index contributed by atoms with van der Waals surface area (Å²) in [6, 6.07) is 4.16. The van der Waals surface area contributed by atoms with Gasteiger partial charge in [-0.1, -0.05) is 5.16 Å². The minimum Gasteiger partial charge on any atom is -0.489 e. The molecule has 19 heteroatoms. The second-order valence-electron chi connectivity index (χ2n) is 10.0. The molecule has 0 aliphatic carbocycles. The number of nitrogens with one attached hydrogen (secondary N) is 4. The fourth-order valence-electron chi connectivity index (χ4n) is 4.56. The van der Waals surface area contributed by atoms with Crippen molar-refractivity contribution in [1.29, 1.82) is 5.41 Å². The van der Waals surface area contributed by atoms with Gasteiger partial charge >= 0.3 is 16.3 Å². The van der Waals surface area contributed by atoms with Crippen molar-refractivity contribution in [1.82, 2.24) is 25.2 Å². The Morgan fingerprint density at radius 1 is 1.32 bits per heavy atom. The number of nitrogens with zero attached hydrogens (tertiary/aromatic N) is 3. The number of hydrogen-bond acceptors (Lipinski definition) is 13. The minimum absolute atomic E-state index is 0.0447. The predicted molar refractivity (Wildman–Crippen MR) is 158 cm³/mol. The number of carbonyl (C=O) groups excluding carboxylic acids is 2. The third-order valence-electron chi connectivity index (χ3n) is 6.86. The van der Waals surface area contributed by atoms with Crippen molar-refractivity contribution in [3.05, 3.63) is 40.4 Å². The van der Waals surface area contributed by atoms with Crippen LogP contribution in [0.15, 0.2) is 29.4 Å². The number of benzene rings is 1. The molecular formula is C25H32N8O9S2. The lowest BCUT2D eigenvalue weighted by Crippen LogP contribution is -2.71. The topological polar surface area (TPSA) is 259 Å². The standard InChI is InChI=1S/C25H32N8O9S2/c1-12-18(23(35)33(12)44(38,39)40)30-22(34)20(19-13(2)43-25(27)31-19)32-42-17(24(36)37)11-41-16-7-5-14(6-8-16)21(26)29-15-4-3-9-28-10-15/h5-8,12,15,17-18,28H,3-4,9-11H2,1-2H3,(H2,26,29)(H2,27,31)(H,30,34)(H,36,37)(H,38,39,40)/b32-20-/t12-,15-,17+,18+/m1/s1. The number of carboxylic acid groups (broad SMARTS) is 1. The highest BCUT2D eigenvalue weighted by molar-refractivity contribution is 7.84. The van der Waals surface area contributed by atoms with Crippen molar-refractivity contribution >= 4 is 56.1 Å². The molecular weight excluding hydrogens is 620 g/mol. The van der Waals surface area contributed by atoms with E-state index in [4.69, 9.17) is 20.7 Å². The number of aryl methyl sites for hydroxylation is 1. The highest BCUT2D eigenvalue weighted by Gasteiger charge is 2.51. The number of amidine groups is 1. The zero-order valence-electron chi connectivity index (χ0n) is 23.6. The van der Waals surface area contributed by atoms with Gasteiger partial charge < -0.3 is 36.4 Å². The van der Waals surface area contributed by atoms with Gasteiger partial charge in [0.25, 0.3) is 17.9 Å². The van der Waals surface area contributed by atoms with Crippen LogP contribution in [0, 0.1) is 12.3 Å². The van der Waals surface area contributed by atoms with Crippen molar-refractivity contribution in [3.63, 3.8) is 0 Å². The zero-order valence-corrected chi connectivity index (χ0v) is 25.3. The fraction of sp³-hybridized carbons (Fsp3) is 0.440. The summed E-state index contributed by atoms with van der Waals surface area (Å²) in [6.45, 7) is 4.07. The molecule has 2 fully saturated rings. The normalized spacial score (nSPS) is 21.2. The van der Waals surface area contributed by atoms with E-state index in [2.05, 4.69) is 26.1 Å². The number of amides is 2. The molecule has 2 amide bonds. The highest BCUT2D eigenvalue weighted by atomic mass is 32.2. The number of thiazole rings is 1. The maximum Gasteiger partial charge on any atom is 0.362 e. The SMILES string of the molecule is Cc1sc(N)nc1/C(=N/O[C@@H](COc1ccc(C(=N)N[C@@H]2CCCNC2)cc1)C(=O)O)C(=O)N[C@@H]1C(=O)N(S(=O)(=O)O)[C@@H]1C. The quantitative estimate of drug-likeness (QED) is 0.0501. The Hall–Kier alpha value is -4.33. The number of oxime groups is 1. The summed E-state index contributed by atoms with van der Waals surface area (Å²) in [7, 11) is -4.83. The average molecular weight is 653 g/mol. The molecule has 0 radical (unpaired) electrons. The van der Waals surface area contributed by atoms with Gasteiger partial charge in [0.05, 0.1) is 6.04 Å². The van der Waals surface area contributed by atoms with Gasteiger partial charge in [-0.25, -0.2) is 14.1 Å². The lowest BCUT2D eigenvalue weighted by atomic mass is 10.0. The number of carboxylic acids is 1. The Morgan fingerprint density at radius 3 is 2.57 bits per heavy atom. The predicted octanol–water partition coefficient (Wildman–Crippen LogP) is -0.528. The maximum atomic E-state index is 13.1. The van der Waals surface area contributed by atoms with Gasteiger partial charge in [-0.2, -0.15) is 8.42 Å². The molecule has 3 heterocycles. The van der Waals surface area contributed by atoms with Gasteiger partial charge in [0.1, 0.15) is 29.9 Å². The van der Waals surface area contributed by atoms with E-state index in [9.17, 15) is 32.5 Å². The number of β-lactam (4-membered cyclic amide) rings is 1. The van der Waals surface area contributed by atoms with E-state index in [1.165, 1.54) is 6.92 Å². The van der Waals surface area contributed by atoms with Gasteiger partial charge in [-0.3, -0.25) is 19.6 Å². The van der Waals surface area contributed by atoms with E-state index in [1.807, 2.05) is 0 Å². The van der Waals surface area contributed by atoms with Crippen molar-refractivity contribution in [2.45, 2.75) is 50.9 Å². The molecule has 44 heavy (non-hydrogen) atoms. The second kappa shape index (κ2) is 13.5. The van der Waals surface area contributed by atoms with Crippen LogP contribution in [0.3, 0.4) is 0 Å². The Balaban J connectivity index is 1.43. The number of piperidine rings is 1. The largest absolute Gasteiger partial charge is 0.489 e. The third kappa shape index (κ3) is 7.59. The Labute approximate surface area is 256 Å². The number of hydrogen-bond donors (Lipinski definition) is 7. The monoisotopic (exact) mass is 652 g/mol. The molecule has 2 aliphatic rings. The average Bonchev–Trinajstić information content (AvgIpc) is 3.30. The molecule has 1 aromatic carbocycles. The van der Waals surface area contributed by atoms with Crippen molar-refractivity contribution in [3.8, 4) is 5.75 Å². The van der Waals surface area contributed by atoms with Crippen LogP contribution in [-0.4, -0.2) is 101 Å². The lowest BCUT2D eigenvalue weighted by Gasteiger charge is -2.42. The summed E-state index contributed by atoms with van der Waals surface area (Å²) < 4.78 is 37.8. The number of nitrogen functional groups attached to an aromatic ring is 1. The Bertz CT molecular complexity index is 1560. The van der Waals surface area contributed by atoms with E-state index in [0.29, 0.717) is 16.2 Å². The lowest BCUT2D eigenvalue weighted by molar-refractivity contribution is -0.152. The fourth-order valence-corrected chi connectivity index (χ4v) is 6.13. The third-order valence-corrected chi connectivity index (χ3v) is 8.67. The number of aromatic nitrogens is 1. The maximum absolute atomic E-state index is 13.1. The van der Waals surface area contributed by atoms with E-state index in [1.54, 1.807) is 31.2 Å². The first-order chi connectivity index (χ1) is 20.8. The van der Waals surface area contributed by atoms with Crippen LogP contribution in [0.5, 0.6) is 5.75 Å². The van der Waals surface area contributed by atoms with Crippen molar-refractivity contribution in [2.75, 3.05) is 25.4 Å². The number of ether oxygens (including phenoxy) is 1. The van der Waals surface area contributed by atoms with Gasteiger partial charge in [0.15, 0.2) is 10.8 Å². The molecule has 8 N–H and O–H groups in total. The van der Waals surface area contributed by atoms with Crippen LogP contribution in [0.4, 0.5) is 5.13 Å². The Morgan fingerprint density at radius 2 is 2.02 bits per heavy atom. The van der Waals surface area contributed by atoms with E-state index >= 15 is 0 Å². The first-order valence-corrected chi connectivity index (χ1v) is 15.6. The van der Waals surface area contributed by atoms with Crippen molar-refractivity contribution < 1.29 is 42.0 Å². The number of carbonyl (C=O) groups is 3. The number of anilines is 1. The van der Waals surface area contributed by atoms with Gasteiger partial charge in [-0.05, 0) is 57.5 Å². The Kier molecular flexibility index (Phi) is 10.0. The molecule has 238 valence electrons. The highest BCUT2D eigenvalue weighted by Crippen LogP contribution is 2.24. The van der Waals surface area contributed by atoms with Crippen LogP contribution in [0.25, 0.3) is 0 Å². The molecule has 0 unspecified atom stereocenters. The van der Waals surface area contributed by atoms with Gasteiger partial charge in [0, 0.05) is 23.0 Å². The molecule has 0 spiro atoms. The first-order valence-electron chi connectivity index (χ1n) is 13.4. The zero-order chi connectivity index (χ0) is 32.2. The van der Waals surface area contributed by atoms with Crippen molar-refractivity contribution in [2.24, 2.45) is 5.16 Å². The smallest absolute Gasteiger partial charge is 0.362 e. The summed E-state index contributed by atoms with van der Waals surface area (Å²) in [4.78, 5) is 47.0. The molecule has 0 saturated carbocycles. The molecule has 2 saturated heterocycles. The summed E-state index contributed by atoms with van der Waals surface area (Å²) in [5, 5.41) is 30.5. The molecule has 1 aromatic heterocycles. The summed E-state index contributed by atoms with van der Waals surface area (Å²) in [6.07, 6.45) is 0.290. The number of aliphatic carboxylic acids is 1. The number of rotatable bonds is 12. The summed E-state index contributed by atoms with van der Waals surface area (Å²) >= 11 is 1.02. The summed E-state index contributed by atoms with van der Waals surface area (Å²) in [5.74, 6) is -3.03. The van der Waals surface area contributed by atoms with E-state index in [-0.39, 0.29) is 27.0 Å². The molecule has 4 atom stereocenters. The summed E-state index contributed by atoms with van der Waals surface area (Å²) in [5.41, 5.74) is 5.80. The minimum atomic E-state index is -4.83. The van der Waals surface area contributed by atoms with Crippen LogP contribution in [-0.2, 0) is 29.5 Å². The van der Waals surface area contributed by atoms with Crippen LogP contribution >= 0.6 is 11.3 Å². The van der Waals surface area contributed by atoms with Crippen LogP contribution < -0.4 is 26.4 Å². The molecule has 2 aromatic rings. The van der Waals surface area contributed by atoms with Crippen LogP contribution in [0.2, 0.25) is 0 Å². The van der Waals surface area contributed by atoms with E-state index in [0.717, 1.165) is 37.3 Å². The van der Waals surface area contributed by atoms with Gasteiger partial charge in [0.2, 0.25) is 0 Å². The molecule has 0 bridgehead atoms. The van der Waals surface area contributed by atoms with E-state index < -0.39 is 58.6 Å². The second-order valence-corrected chi connectivity index (χ2v) is 12.6. The van der Waals surface area contributed by atoms with Crippen LogP contribution in [0.1, 0.15) is 35.9 Å². The van der Waals surface area contributed by atoms with Gasteiger partial charge in [-0.15, -0.1) is 11.3 Å². The molecule has 17 nitrogen and oxygen atoms in total. The number of nitrogens with two attached hydrogens (primary N) is 1. The first kappa shape index (κ1) is 32.6. The molecule has 2 aliphatic heterocycles.